The highest BCUT2D eigenvalue weighted by molar-refractivity contribution is 6.30. The Hall–Kier alpha value is -0.970. The predicted molar refractivity (Wildman–Crippen MR) is 64.6 cm³/mol. The number of Topliss-reactive ketones (excluding diaryl/α,β-unsaturated/α-hetero) is 1. The first kappa shape index (κ1) is 14.1. The van der Waals surface area contributed by atoms with Gasteiger partial charge in [-0.2, -0.15) is 0 Å². The molecule has 0 aliphatic rings. The van der Waals surface area contributed by atoms with Crippen LogP contribution in [0.5, 0.6) is 0 Å². The first-order valence-corrected chi connectivity index (χ1v) is 5.63. The SMILES string of the molecule is COCCC(N)C(=O)Cc1ccc(Cl)c(F)c1. The van der Waals surface area contributed by atoms with Crippen molar-refractivity contribution < 1.29 is 13.9 Å². The molecule has 0 spiro atoms. The number of benzene rings is 1. The van der Waals surface area contributed by atoms with Crippen LogP contribution in [-0.4, -0.2) is 25.5 Å². The molecule has 1 aromatic carbocycles. The van der Waals surface area contributed by atoms with Gasteiger partial charge in [-0.15, -0.1) is 0 Å². The van der Waals surface area contributed by atoms with E-state index < -0.39 is 11.9 Å². The van der Waals surface area contributed by atoms with Gasteiger partial charge in [-0.05, 0) is 24.1 Å². The Kier molecular flexibility index (Phi) is 5.55. The Bertz CT molecular complexity index is 398. The second-order valence-electron chi connectivity index (χ2n) is 3.78. The maximum Gasteiger partial charge on any atom is 0.153 e. The number of hydrogen-bond acceptors (Lipinski definition) is 3. The maximum atomic E-state index is 13.1. The normalized spacial score (nSPS) is 12.5. The first-order valence-electron chi connectivity index (χ1n) is 5.25. The number of halogens is 2. The molecule has 0 aliphatic heterocycles. The van der Waals surface area contributed by atoms with Crippen LogP contribution in [0.4, 0.5) is 4.39 Å². The molecule has 5 heteroatoms. The zero-order valence-electron chi connectivity index (χ0n) is 9.58. The number of carbonyl (C=O) groups is 1. The van der Waals surface area contributed by atoms with Crippen LogP contribution in [0.15, 0.2) is 18.2 Å². The van der Waals surface area contributed by atoms with Crippen molar-refractivity contribution in [3.63, 3.8) is 0 Å². The summed E-state index contributed by atoms with van der Waals surface area (Å²) < 4.78 is 18.0. The smallest absolute Gasteiger partial charge is 0.153 e. The third-order valence-electron chi connectivity index (χ3n) is 2.41. The molecule has 0 heterocycles. The number of methoxy groups -OCH3 is 1. The molecule has 3 nitrogen and oxygen atoms in total. The van der Waals surface area contributed by atoms with Crippen molar-refractivity contribution in [3.05, 3.63) is 34.6 Å². The number of hydrogen-bond donors (Lipinski definition) is 1. The molecular formula is C12H15ClFNO2. The van der Waals surface area contributed by atoms with Gasteiger partial charge in [0.1, 0.15) is 5.82 Å². The van der Waals surface area contributed by atoms with Crippen LogP contribution in [0.25, 0.3) is 0 Å². The van der Waals surface area contributed by atoms with Gasteiger partial charge >= 0.3 is 0 Å². The topological polar surface area (TPSA) is 52.3 Å². The fourth-order valence-corrected chi connectivity index (χ4v) is 1.51. The van der Waals surface area contributed by atoms with Gasteiger partial charge < -0.3 is 10.5 Å². The molecular weight excluding hydrogens is 245 g/mol. The molecule has 1 unspecified atom stereocenters. The number of ether oxygens (including phenoxy) is 1. The van der Waals surface area contributed by atoms with Crippen molar-refractivity contribution in [2.75, 3.05) is 13.7 Å². The van der Waals surface area contributed by atoms with Gasteiger partial charge in [0.25, 0.3) is 0 Å². The van der Waals surface area contributed by atoms with Crippen molar-refractivity contribution in [1.29, 1.82) is 0 Å². The average molecular weight is 260 g/mol. The molecule has 0 amide bonds. The first-order chi connectivity index (χ1) is 8.04. The van der Waals surface area contributed by atoms with Gasteiger partial charge in [-0.3, -0.25) is 4.79 Å². The fraction of sp³-hybridized carbons (Fsp3) is 0.417. The van der Waals surface area contributed by atoms with Crippen LogP contribution >= 0.6 is 11.6 Å². The Labute approximate surface area is 105 Å². The minimum Gasteiger partial charge on any atom is -0.385 e. The van der Waals surface area contributed by atoms with E-state index >= 15 is 0 Å². The standard InChI is InChI=1S/C12H15ClFNO2/c1-17-5-4-11(15)12(16)7-8-2-3-9(13)10(14)6-8/h2-3,6,11H,4-5,7,15H2,1H3. The molecule has 94 valence electrons. The van der Waals surface area contributed by atoms with Crippen LogP contribution in [0.2, 0.25) is 5.02 Å². The van der Waals surface area contributed by atoms with Crippen LogP contribution in [0.1, 0.15) is 12.0 Å². The summed E-state index contributed by atoms with van der Waals surface area (Å²) in [6, 6.07) is 3.73. The van der Waals surface area contributed by atoms with E-state index in [-0.39, 0.29) is 17.2 Å². The lowest BCUT2D eigenvalue weighted by Crippen LogP contribution is -2.32. The van der Waals surface area contributed by atoms with Gasteiger partial charge in [0.2, 0.25) is 0 Å². The van der Waals surface area contributed by atoms with Crippen molar-refractivity contribution in [2.45, 2.75) is 18.9 Å². The van der Waals surface area contributed by atoms with E-state index in [0.29, 0.717) is 18.6 Å². The molecule has 0 saturated heterocycles. The molecule has 0 fully saturated rings. The number of ketones is 1. The summed E-state index contributed by atoms with van der Waals surface area (Å²) in [5.74, 6) is -0.661. The molecule has 1 rings (SSSR count). The third kappa shape index (κ3) is 4.42. The zero-order chi connectivity index (χ0) is 12.8. The van der Waals surface area contributed by atoms with Crippen LogP contribution in [0, 0.1) is 5.82 Å². The predicted octanol–water partition coefficient (Wildman–Crippen LogP) is 1.95. The molecule has 2 N–H and O–H groups in total. The van der Waals surface area contributed by atoms with Crippen molar-refractivity contribution in [3.8, 4) is 0 Å². The van der Waals surface area contributed by atoms with E-state index in [0.717, 1.165) is 0 Å². The van der Waals surface area contributed by atoms with E-state index in [1.807, 2.05) is 0 Å². The molecule has 1 aromatic rings. The van der Waals surface area contributed by atoms with Crippen LogP contribution in [-0.2, 0) is 16.0 Å². The summed E-state index contributed by atoms with van der Waals surface area (Å²) in [7, 11) is 1.55. The van der Waals surface area contributed by atoms with E-state index in [9.17, 15) is 9.18 Å². The van der Waals surface area contributed by atoms with Crippen LogP contribution < -0.4 is 5.73 Å². The highest BCUT2D eigenvalue weighted by Gasteiger charge is 2.14. The second kappa shape index (κ2) is 6.69. The summed E-state index contributed by atoms with van der Waals surface area (Å²) in [4.78, 5) is 11.7. The highest BCUT2D eigenvalue weighted by Crippen LogP contribution is 2.16. The van der Waals surface area contributed by atoms with E-state index in [2.05, 4.69) is 0 Å². The number of rotatable bonds is 6. The van der Waals surface area contributed by atoms with Gasteiger partial charge in [0.15, 0.2) is 5.78 Å². The molecule has 17 heavy (non-hydrogen) atoms. The molecule has 0 aliphatic carbocycles. The lowest BCUT2D eigenvalue weighted by Gasteiger charge is -2.10. The average Bonchev–Trinajstić information content (AvgIpc) is 2.30. The summed E-state index contributed by atoms with van der Waals surface area (Å²) in [6.07, 6.45) is 0.574. The quantitative estimate of drug-likeness (QED) is 0.850. The number of nitrogens with two attached hydrogens (primary N) is 1. The van der Waals surface area contributed by atoms with Gasteiger partial charge in [-0.1, -0.05) is 17.7 Å². The summed E-state index contributed by atoms with van der Waals surface area (Å²) in [5.41, 5.74) is 6.24. The molecule has 0 saturated carbocycles. The monoisotopic (exact) mass is 259 g/mol. The largest absolute Gasteiger partial charge is 0.385 e. The molecule has 0 bridgehead atoms. The Morgan fingerprint density at radius 1 is 1.59 bits per heavy atom. The Morgan fingerprint density at radius 2 is 2.29 bits per heavy atom. The van der Waals surface area contributed by atoms with Gasteiger partial charge in [-0.25, -0.2) is 4.39 Å². The van der Waals surface area contributed by atoms with Gasteiger partial charge in [0, 0.05) is 20.1 Å². The second-order valence-corrected chi connectivity index (χ2v) is 4.19. The molecule has 0 radical (unpaired) electrons. The minimum absolute atomic E-state index is 0.0462. The lowest BCUT2D eigenvalue weighted by molar-refractivity contribution is -0.120. The molecule has 1 atom stereocenters. The maximum absolute atomic E-state index is 13.1. The Balaban J connectivity index is 2.58. The Morgan fingerprint density at radius 3 is 2.88 bits per heavy atom. The number of carbonyl (C=O) groups excluding carboxylic acids is 1. The lowest BCUT2D eigenvalue weighted by atomic mass is 10.0. The fourth-order valence-electron chi connectivity index (χ4n) is 1.39. The summed E-state index contributed by atoms with van der Waals surface area (Å²) in [6.45, 7) is 0.432. The highest BCUT2D eigenvalue weighted by atomic mass is 35.5. The van der Waals surface area contributed by atoms with E-state index in [4.69, 9.17) is 22.1 Å². The minimum atomic E-state index is -0.575. The van der Waals surface area contributed by atoms with Crippen molar-refractivity contribution in [2.24, 2.45) is 5.73 Å². The molecule has 0 aromatic heterocycles. The zero-order valence-corrected chi connectivity index (χ0v) is 10.3. The third-order valence-corrected chi connectivity index (χ3v) is 2.72. The van der Waals surface area contributed by atoms with Gasteiger partial charge in [0.05, 0.1) is 11.1 Å². The van der Waals surface area contributed by atoms with E-state index in [1.165, 1.54) is 12.1 Å². The van der Waals surface area contributed by atoms with E-state index in [1.54, 1.807) is 13.2 Å². The van der Waals surface area contributed by atoms with Crippen molar-refractivity contribution in [1.82, 2.24) is 0 Å². The summed E-state index contributed by atoms with van der Waals surface area (Å²) >= 11 is 5.55. The summed E-state index contributed by atoms with van der Waals surface area (Å²) in [5, 5.41) is 0.0462. The van der Waals surface area contributed by atoms with Crippen molar-refractivity contribution >= 4 is 17.4 Å². The van der Waals surface area contributed by atoms with Crippen LogP contribution in [0.3, 0.4) is 0 Å².